The number of nitrogens with one attached hydrogen (secondary N) is 1. The predicted molar refractivity (Wildman–Crippen MR) is 117 cm³/mol. The average Bonchev–Trinajstić information content (AvgIpc) is 2.74. The van der Waals surface area contributed by atoms with Crippen LogP contribution in [0.3, 0.4) is 0 Å². The van der Waals surface area contributed by atoms with Crippen LogP contribution in [0.5, 0.6) is 5.75 Å². The quantitative estimate of drug-likeness (QED) is 0.413. The molecule has 0 aliphatic heterocycles. The van der Waals surface area contributed by atoms with Gasteiger partial charge in [0, 0.05) is 29.2 Å². The Morgan fingerprint density at radius 1 is 0.967 bits per heavy atom. The molecule has 0 atom stereocenters. The van der Waals surface area contributed by atoms with Crippen LogP contribution in [0.1, 0.15) is 13.8 Å². The molecule has 3 aromatic rings. The summed E-state index contributed by atoms with van der Waals surface area (Å²) in [6, 6.07) is 23.2. The number of ether oxygens (including phenoxy) is 1. The molecule has 0 radical (unpaired) electrons. The fourth-order valence-electron chi connectivity index (χ4n) is 3.06. The van der Waals surface area contributed by atoms with Gasteiger partial charge in [0.15, 0.2) is 12.4 Å². The van der Waals surface area contributed by atoms with Crippen LogP contribution in [0, 0.1) is 10.1 Å². The van der Waals surface area contributed by atoms with E-state index in [0.29, 0.717) is 0 Å². The van der Waals surface area contributed by atoms with E-state index in [2.05, 4.69) is 5.32 Å². The van der Waals surface area contributed by atoms with Crippen molar-refractivity contribution in [3.05, 3.63) is 89.0 Å². The highest BCUT2D eigenvalue weighted by atomic mass is 16.6. The Morgan fingerprint density at radius 2 is 1.57 bits per heavy atom. The van der Waals surface area contributed by atoms with E-state index < -0.39 is 4.92 Å². The Balaban J connectivity index is 1.71. The SMILES string of the molecule is CC(C)N(C(=O)COc1ccccc1[N+](=O)[O-])c1ccc(Nc2ccccc2)cc1. The topological polar surface area (TPSA) is 84.7 Å². The molecule has 1 amide bonds. The number of para-hydroxylation sites is 3. The largest absolute Gasteiger partial charge is 0.477 e. The third-order valence-corrected chi connectivity index (χ3v) is 4.41. The molecule has 0 aliphatic rings. The van der Waals surface area contributed by atoms with E-state index in [1.54, 1.807) is 17.0 Å². The first-order chi connectivity index (χ1) is 14.5. The van der Waals surface area contributed by atoms with Crippen molar-refractivity contribution in [1.29, 1.82) is 0 Å². The number of nitro benzene ring substituents is 1. The van der Waals surface area contributed by atoms with Gasteiger partial charge in [0.1, 0.15) is 0 Å². The molecule has 0 aromatic heterocycles. The molecule has 154 valence electrons. The van der Waals surface area contributed by atoms with Gasteiger partial charge in [0.25, 0.3) is 5.91 Å². The van der Waals surface area contributed by atoms with E-state index in [9.17, 15) is 14.9 Å². The van der Waals surface area contributed by atoms with Crippen LogP contribution in [0.4, 0.5) is 22.7 Å². The van der Waals surface area contributed by atoms with Crippen molar-refractivity contribution >= 4 is 28.7 Å². The highest BCUT2D eigenvalue weighted by Gasteiger charge is 2.21. The van der Waals surface area contributed by atoms with Gasteiger partial charge < -0.3 is 15.0 Å². The normalized spacial score (nSPS) is 10.5. The molecule has 30 heavy (non-hydrogen) atoms. The first-order valence-corrected chi connectivity index (χ1v) is 9.56. The second-order valence-electron chi connectivity index (χ2n) is 6.91. The average molecular weight is 405 g/mol. The van der Waals surface area contributed by atoms with Crippen LogP contribution < -0.4 is 15.0 Å². The lowest BCUT2D eigenvalue weighted by atomic mass is 10.2. The lowest BCUT2D eigenvalue weighted by Crippen LogP contribution is -2.40. The summed E-state index contributed by atoms with van der Waals surface area (Å²) in [5.41, 5.74) is 2.43. The minimum atomic E-state index is -0.529. The van der Waals surface area contributed by atoms with E-state index >= 15 is 0 Å². The Hall–Kier alpha value is -3.87. The number of nitrogens with zero attached hydrogens (tertiary/aromatic N) is 2. The van der Waals surface area contributed by atoms with E-state index in [4.69, 9.17) is 4.74 Å². The van der Waals surface area contributed by atoms with Gasteiger partial charge in [-0.1, -0.05) is 30.3 Å². The first-order valence-electron chi connectivity index (χ1n) is 9.56. The summed E-state index contributed by atoms with van der Waals surface area (Å²) >= 11 is 0. The second kappa shape index (κ2) is 9.56. The number of amides is 1. The summed E-state index contributed by atoms with van der Waals surface area (Å²) in [7, 11) is 0. The number of anilines is 3. The molecule has 0 saturated heterocycles. The van der Waals surface area contributed by atoms with Crippen molar-refractivity contribution in [2.24, 2.45) is 0 Å². The molecule has 3 rings (SSSR count). The smallest absolute Gasteiger partial charge is 0.310 e. The fourth-order valence-corrected chi connectivity index (χ4v) is 3.06. The summed E-state index contributed by atoms with van der Waals surface area (Å²) in [5, 5.41) is 14.4. The summed E-state index contributed by atoms with van der Waals surface area (Å²) < 4.78 is 5.47. The number of rotatable bonds is 8. The summed E-state index contributed by atoms with van der Waals surface area (Å²) in [4.78, 5) is 25.0. The molecule has 0 unspecified atom stereocenters. The molecule has 0 fully saturated rings. The molecule has 3 aromatic carbocycles. The predicted octanol–water partition coefficient (Wildman–Crippen LogP) is 5.16. The number of nitro groups is 1. The third-order valence-electron chi connectivity index (χ3n) is 4.41. The van der Waals surface area contributed by atoms with E-state index in [0.717, 1.165) is 17.1 Å². The molecule has 7 nitrogen and oxygen atoms in total. The standard InChI is InChI=1S/C23H23N3O4/c1-17(2)25(23(27)16-30-22-11-7-6-10-21(22)26(28)29)20-14-12-19(13-15-20)24-18-8-4-3-5-9-18/h3-15,17,24H,16H2,1-2H3. The van der Waals surface area contributed by atoms with Gasteiger partial charge in [-0.25, -0.2) is 0 Å². The van der Waals surface area contributed by atoms with Crippen molar-refractivity contribution in [2.75, 3.05) is 16.8 Å². The number of hydrogen-bond donors (Lipinski definition) is 1. The Bertz CT molecular complexity index is 1000. The van der Waals surface area contributed by atoms with E-state index in [-0.39, 0.29) is 30.0 Å². The number of carbonyl (C=O) groups excluding carboxylic acids is 1. The van der Waals surface area contributed by atoms with Gasteiger partial charge in [-0.3, -0.25) is 14.9 Å². The first kappa shape index (κ1) is 20.9. The lowest BCUT2D eigenvalue weighted by molar-refractivity contribution is -0.385. The van der Waals surface area contributed by atoms with Gasteiger partial charge in [0.05, 0.1) is 4.92 Å². The highest BCUT2D eigenvalue weighted by molar-refractivity contribution is 5.95. The van der Waals surface area contributed by atoms with Crippen molar-refractivity contribution in [1.82, 2.24) is 0 Å². The lowest BCUT2D eigenvalue weighted by Gasteiger charge is -2.27. The Morgan fingerprint density at radius 3 is 2.20 bits per heavy atom. The van der Waals surface area contributed by atoms with Gasteiger partial charge >= 0.3 is 5.69 Å². The zero-order valence-corrected chi connectivity index (χ0v) is 16.8. The van der Waals surface area contributed by atoms with E-state index in [1.165, 1.54) is 12.1 Å². The van der Waals surface area contributed by atoms with Crippen molar-refractivity contribution in [3.8, 4) is 5.75 Å². The minimum Gasteiger partial charge on any atom is -0.477 e. The maximum atomic E-state index is 12.8. The molecule has 1 N–H and O–H groups in total. The monoisotopic (exact) mass is 405 g/mol. The summed E-state index contributed by atoms with van der Waals surface area (Å²) in [6.45, 7) is 3.51. The second-order valence-corrected chi connectivity index (χ2v) is 6.91. The van der Waals surface area contributed by atoms with Gasteiger partial charge in [-0.2, -0.15) is 0 Å². The molecule has 0 spiro atoms. The Labute approximate surface area is 175 Å². The van der Waals surface area contributed by atoms with Crippen LogP contribution in [0.15, 0.2) is 78.9 Å². The van der Waals surface area contributed by atoms with Crippen LogP contribution in [-0.4, -0.2) is 23.5 Å². The van der Waals surface area contributed by atoms with E-state index in [1.807, 2.05) is 68.4 Å². The van der Waals surface area contributed by atoms with Gasteiger partial charge in [-0.15, -0.1) is 0 Å². The van der Waals surface area contributed by atoms with Crippen molar-refractivity contribution in [2.45, 2.75) is 19.9 Å². The number of benzene rings is 3. The molecular formula is C23H23N3O4. The molecular weight excluding hydrogens is 382 g/mol. The molecule has 0 bridgehead atoms. The third kappa shape index (κ3) is 5.14. The van der Waals surface area contributed by atoms with Crippen molar-refractivity contribution < 1.29 is 14.5 Å². The number of carbonyl (C=O) groups is 1. The van der Waals surface area contributed by atoms with Crippen LogP contribution in [-0.2, 0) is 4.79 Å². The van der Waals surface area contributed by atoms with Crippen LogP contribution in [0.2, 0.25) is 0 Å². The zero-order valence-electron chi connectivity index (χ0n) is 16.8. The summed E-state index contributed by atoms with van der Waals surface area (Å²) in [6.07, 6.45) is 0. The van der Waals surface area contributed by atoms with Crippen LogP contribution >= 0.6 is 0 Å². The number of hydrogen-bond acceptors (Lipinski definition) is 5. The highest BCUT2D eigenvalue weighted by Crippen LogP contribution is 2.27. The van der Waals surface area contributed by atoms with Crippen molar-refractivity contribution in [3.63, 3.8) is 0 Å². The molecule has 0 heterocycles. The molecule has 0 aliphatic carbocycles. The maximum absolute atomic E-state index is 12.8. The van der Waals surface area contributed by atoms with Gasteiger partial charge in [0.2, 0.25) is 0 Å². The molecule has 0 saturated carbocycles. The molecule has 7 heteroatoms. The fraction of sp³-hybridized carbons (Fsp3) is 0.174. The maximum Gasteiger partial charge on any atom is 0.310 e. The minimum absolute atomic E-state index is 0.0713. The zero-order chi connectivity index (χ0) is 21.5. The van der Waals surface area contributed by atoms with Gasteiger partial charge in [-0.05, 0) is 56.3 Å². The Kier molecular flexibility index (Phi) is 6.64. The summed E-state index contributed by atoms with van der Waals surface area (Å²) in [5.74, 6) is -0.214. The van der Waals surface area contributed by atoms with Crippen LogP contribution in [0.25, 0.3) is 0 Å².